The molecule has 0 spiro atoms. The molecule has 1 aliphatic rings. The van der Waals surface area contributed by atoms with Gasteiger partial charge in [-0.2, -0.15) is 13.2 Å². The molecule has 1 aliphatic heterocycles. The van der Waals surface area contributed by atoms with Crippen LogP contribution in [0.1, 0.15) is 18.9 Å². The van der Waals surface area contributed by atoms with Gasteiger partial charge in [-0.05, 0) is 18.9 Å². The summed E-state index contributed by atoms with van der Waals surface area (Å²) < 4.78 is 40.7. The highest BCUT2D eigenvalue weighted by Gasteiger charge is 2.27. The van der Waals surface area contributed by atoms with Crippen LogP contribution in [0, 0.1) is 0 Å². The number of hydrogen-bond donors (Lipinski definition) is 1. The van der Waals surface area contributed by atoms with Crippen molar-refractivity contribution in [2.45, 2.75) is 26.1 Å². The Labute approximate surface area is 159 Å². The third-order valence-corrected chi connectivity index (χ3v) is 4.23. The van der Waals surface area contributed by atoms with E-state index in [1.54, 1.807) is 0 Å². The summed E-state index contributed by atoms with van der Waals surface area (Å²) in [5.41, 5.74) is 1.31. The average molecular weight is 386 g/mol. The molecule has 27 heavy (non-hydrogen) atoms. The van der Waals surface area contributed by atoms with Crippen LogP contribution in [0.4, 0.5) is 13.2 Å². The van der Waals surface area contributed by atoms with Crippen LogP contribution >= 0.6 is 0 Å². The fraction of sp³-hybridized carbons (Fsp3) is 0.632. The van der Waals surface area contributed by atoms with Gasteiger partial charge >= 0.3 is 6.18 Å². The molecule has 152 valence electrons. The van der Waals surface area contributed by atoms with Gasteiger partial charge in [0.05, 0.1) is 0 Å². The van der Waals surface area contributed by atoms with Crippen LogP contribution in [0.2, 0.25) is 0 Å². The third kappa shape index (κ3) is 8.62. The Balaban J connectivity index is 1.73. The van der Waals surface area contributed by atoms with Crippen LogP contribution in [0.3, 0.4) is 0 Å². The Morgan fingerprint density at radius 2 is 1.85 bits per heavy atom. The van der Waals surface area contributed by atoms with Crippen molar-refractivity contribution < 1.29 is 17.9 Å². The Bertz CT molecular complexity index is 558. The van der Waals surface area contributed by atoms with Gasteiger partial charge in [-0.3, -0.25) is 9.89 Å². The molecular weight excluding hydrogens is 357 g/mol. The Morgan fingerprint density at radius 1 is 1.15 bits per heavy atom. The van der Waals surface area contributed by atoms with E-state index in [0.29, 0.717) is 13.0 Å². The van der Waals surface area contributed by atoms with E-state index in [0.717, 1.165) is 45.2 Å². The lowest BCUT2D eigenvalue weighted by Gasteiger charge is -2.36. The van der Waals surface area contributed by atoms with Gasteiger partial charge in [0, 0.05) is 52.4 Å². The maximum absolute atomic E-state index is 12.0. The number of nitrogens with one attached hydrogen (secondary N) is 1. The molecule has 0 unspecified atom stereocenters. The van der Waals surface area contributed by atoms with Crippen LogP contribution in [-0.2, 0) is 11.3 Å². The van der Waals surface area contributed by atoms with Crippen molar-refractivity contribution in [1.29, 1.82) is 0 Å². The third-order valence-electron chi connectivity index (χ3n) is 4.23. The monoisotopic (exact) mass is 386 g/mol. The summed E-state index contributed by atoms with van der Waals surface area (Å²) >= 11 is 0. The molecule has 0 aromatic heterocycles. The fourth-order valence-corrected chi connectivity index (χ4v) is 2.92. The zero-order chi connectivity index (χ0) is 19.5. The number of aliphatic imine (C=N–C) groups is 1. The second kappa shape index (κ2) is 11.1. The van der Waals surface area contributed by atoms with E-state index in [9.17, 15) is 13.2 Å². The number of guanidine groups is 1. The highest BCUT2D eigenvalue weighted by atomic mass is 19.4. The highest BCUT2D eigenvalue weighted by Crippen LogP contribution is 2.14. The van der Waals surface area contributed by atoms with Gasteiger partial charge in [0.15, 0.2) is 5.96 Å². The minimum Gasteiger partial charge on any atom is -0.372 e. The molecule has 1 aromatic carbocycles. The van der Waals surface area contributed by atoms with Crippen LogP contribution in [0.15, 0.2) is 35.3 Å². The van der Waals surface area contributed by atoms with Gasteiger partial charge < -0.3 is 15.0 Å². The van der Waals surface area contributed by atoms with Crippen LogP contribution in [0.5, 0.6) is 0 Å². The molecule has 1 saturated heterocycles. The molecule has 0 aliphatic carbocycles. The van der Waals surface area contributed by atoms with Crippen LogP contribution < -0.4 is 5.32 Å². The first kappa shape index (κ1) is 21.5. The SMILES string of the molecule is CCNC(=NCCCOCC(F)(F)F)N1CCN(Cc2ccccc2)CC1. The molecule has 0 amide bonds. The lowest BCUT2D eigenvalue weighted by molar-refractivity contribution is -0.173. The lowest BCUT2D eigenvalue weighted by Crippen LogP contribution is -2.52. The van der Waals surface area contributed by atoms with Gasteiger partial charge in [0.2, 0.25) is 0 Å². The number of piperazine rings is 1. The summed E-state index contributed by atoms with van der Waals surface area (Å²) in [5.74, 6) is 0.827. The molecule has 0 bridgehead atoms. The quantitative estimate of drug-likeness (QED) is 0.424. The van der Waals surface area contributed by atoms with E-state index < -0.39 is 12.8 Å². The first-order chi connectivity index (χ1) is 13.0. The Kier molecular flexibility index (Phi) is 8.87. The topological polar surface area (TPSA) is 40.1 Å². The Morgan fingerprint density at radius 3 is 2.48 bits per heavy atom. The summed E-state index contributed by atoms with van der Waals surface area (Å²) in [5, 5.41) is 3.27. The number of alkyl halides is 3. The van der Waals surface area contributed by atoms with Crippen molar-refractivity contribution in [2.24, 2.45) is 4.99 Å². The summed E-state index contributed by atoms with van der Waals surface area (Å²) in [7, 11) is 0. The number of halogens is 3. The summed E-state index contributed by atoms with van der Waals surface area (Å²) in [6.45, 7) is 6.69. The molecule has 8 heteroatoms. The average Bonchev–Trinajstić information content (AvgIpc) is 2.64. The van der Waals surface area contributed by atoms with Gasteiger partial charge in [-0.25, -0.2) is 0 Å². The molecule has 0 radical (unpaired) electrons. The molecular formula is C19H29F3N4O. The van der Waals surface area contributed by atoms with Crippen molar-refractivity contribution in [3.05, 3.63) is 35.9 Å². The fourth-order valence-electron chi connectivity index (χ4n) is 2.92. The summed E-state index contributed by atoms with van der Waals surface area (Å²) in [6, 6.07) is 10.4. The van der Waals surface area contributed by atoms with Crippen LogP contribution in [0.25, 0.3) is 0 Å². The van der Waals surface area contributed by atoms with E-state index in [2.05, 4.69) is 49.1 Å². The van der Waals surface area contributed by atoms with Crippen molar-refractivity contribution in [1.82, 2.24) is 15.1 Å². The number of hydrogen-bond acceptors (Lipinski definition) is 3. The van der Waals surface area contributed by atoms with Gasteiger partial charge in [-0.1, -0.05) is 30.3 Å². The molecule has 5 nitrogen and oxygen atoms in total. The minimum absolute atomic E-state index is 0.0628. The van der Waals surface area contributed by atoms with E-state index in [4.69, 9.17) is 0 Å². The number of rotatable bonds is 8. The molecule has 1 heterocycles. The second-order valence-electron chi connectivity index (χ2n) is 6.51. The standard InChI is InChI=1S/C19H29F3N4O/c1-2-23-18(24-9-6-14-27-16-19(20,21)22)26-12-10-25(11-13-26)15-17-7-4-3-5-8-17/h3-5,7-8H,2,6,9-16H2,1H3,(H,23,24). The normalized spacial score (nSPS) is 16.6. The minimum atomic E-state index is -4.27. The van der Waals surface area contributed by atoms with Gasteiger partial charge in [-0.15, -0.1) is 0 Å². The number of ether oxygens (including phenoxy) is 1. The maximum Gasteiger partial charge on any atom is 0.411 e. The lowest BCUT2D eigenvalue weighted by atomic mass is 10.2. The predicted octanol–water partition coefficient (Wildman–Crippen LogP) is 2.74. The van der Waals surface area contributed by atoms with E-state index in [1.165, 1.54) is 5.56 Å². The number of benzene rings is 1. The predicted molar refractivity (Wildman–Crippen MR) is 101 cm³/mol. The second-order valence-corrected chi connectivity index (χ2v) is 6.51. The van der Waals surface area contributed by atoms with E-state index >= 15 is 0 Å². The zero-order valence-electron chi connectivity index (χ0n) is 15.8. The smallest absolute Gasteiger partial charge is 0.372 e. The van der Waals surface area contributed by atoms with Crippen LogP contribution in [-0.4, -0.2) is 74.4 Å². The Hall–Kier alpha value is -1.80. The van der Waals surface area contributed by atoms with Crippen molar-refractivity contribution >= 4 is 5.96 Å². The molecule has 0 atom stereocenters. The zero-order valence-corrected chi connectivity index (χ0v) is 15.8. The number of nitrogens with zero attached hydrogens (tertiary/aromatic N) is 3. The first-order valence-corrected chi connectivity index (χ1v) is 9.42. The van der Waals surface area contributed by atoms with Gasteiger partial charge in [0.1, 0.15) is 6.61 Å². The first-order valence-electron chi connectivity index (χ1n) is 9.42. The summed E-state index contributed by atoms with van der Waals surface area (Å²) in [6.07, 6.45) is -3.80. The molecule has 1 N–H and O–H groups in total. The maximum atomic E-state index is 12.0. The van der Waals surface area contributed by atoms with Crippen molar-refractivity contribution in [2.75, 3.05) is 52.5 Å². The van der Waals surface area contributed by atoms with E-state index in [1.807, 2.05) is 13.0 Å². The van der Waals surface area contributed by atoms with E-state index in [-0.39, 0.29) is 6.61 Å². The highest BCUT2D eigenvalue weighted by molar-refractivity contribution is 5.80. The molecule has 1 fully saturated rings. The molecule has 2 rings (SSSR count). The molecule has 1 aromatic rings. The van der Waals surface area contributed by atoms with Gasteiger partial charge in [0.25, 0.3) is 0 Å². The largest absolute Gasteiger partial charge is 0.411 e. The molecule has 0 saturated carbocycles. The van der Waals surface area contributed by atoms with Crippen molar-refractivity contribution in [3.8, 4) is 0 Å². The summed E-state index contributed by atoms with van der Waals surface area (Å²) in [4.78, 5) is 9.16. The van der Waals surface area contributed by atoms with Crippen molar-refractivity contribution in [3.63, 3.8) is 0 Å².